The molecule has 0 N–H and O–H groups in total. The molecule has 0 amide bonds. The van der Waals surface area contributed by atoms with E-state index in [1.807, 2.05) is 0 Å². The Bertz CT molecular complexity index is 554. The minimum Gasteiger partial charge on any atom is -0.466 e. The lowest BCUT2D eigenvalue weighted by molar-refractivity contribution is -0.396. The molecular formula is C14H15ClF8O3. The van der Waals surface area contributed by atoms with Gasteiger partial charge >= 0.3 is 29.5 Å². The molecule has 1 aliphatic carbocycles. The molecule has 1 rings (SSSR count). The van der Waals surface area contributed by atoms with E-state index in [1.54, 1.807) is 0 Å². The van der Waals surface area contributed by atoms with Crippen LogP contribution in [-0.4, -0.2) is 36.1 Å². The number of ether oxygens (including phenoxy) is 2. The first-order chi connectivity index (χ1) is 11.4. The molecular weight excluding hydrogens is 404 g/mol. The van der Waals surface area contributed by atoms with Crippen molar-refractivity contribution in [3.63, 3.8) is 0 Å². The Kier molecular flexibility index (Phi) is 6.01. The highest BCUT2D eigenvalue weighted by molar-refractivity contribution is 6.24. The van der Waals surface area contributed by atoms with Gasteiger partial charge in [0.2, 0.25) is 0 Å². The molecule has 0 bridgehead atoms. The maximum Gasteiger partial charge on any atom is 0.441 e. The first-order valence-electron chi connectivity index (χ1n) is 7.17. The maximum absolute atomic E-state index is 13.6. The van der Waals surface area contributed by atoms with Gasteiger partial charge in [-0.05, 0) is 18.3 Å². The monoisotopic (exact) mass is 418 g/mol. The van der Waals surface area contributed by atoms with E-state index < -0.39 is 46.7 Å². The van der Waals surface area contributed by atoms with Gasteiger partial charge in [-0.25, -0.2) is 0 Å². The standard InChI is InChI=1S/C14H15ClF8O3/c1-4-25-9(24)8-7(10(8,2)3)5-6-11(16,17)26-12(15,13(18,19)20)14(21,22)23/h5-8H,4H2,1-3H3/t7-,8+/m1/s1. The van der Waals surface area contributed by atoms with Crippen molar-refractivity contribution in [2.75, 3.05) is 6.61 Å². The van der Waals surface area contributed by atoms with E-state index in [-0.39, 0.29) is 12.7 Å². The summed E-state index contributed by atoms with van der Waals surface area (Å²) in [6.45, 7) is 4.53. The van der Waals surface area contributed by atoms with Gasteiger partial charge in [0.1, 0.15) is 0 Å². The fourth-order valence-electron chi connectivity index (χ4n) is 2.43. The summed E-state index contributed by atoms with van der Waals surface area (Å²) in [5.74, 6) is -2.45. The third-order valence-corrected chi connectivity index (χ3v) is 4.46. The highest BCUT2D eigenvalue weighted by Gasteiger charge is 2.74. The zero-order chi connectivity index (χ0) is 20.8. The molecule has 1 saturated carbocycles. The molecule has 0 radical (unpaired) electrons. The van der Waals surface area contributed by atoms with Crippen LogP contribution >= 0.6 is 11.6 Å². The molecule has 0 saturated heterocycles. The fraction of sp³-hybridized carbons (Fsp3) is 0.786. The van der Waals surface area contributed by atoms with Gasteiger partial charge in [-0.15, -0.1) is 0 Å². The first kappa shape index (κ1) is 22.9. The fourth-order valence-corrected chi connectivity index (χ4v) is 2.54. The van der Waals surface area contributed by atoms with Gasteiger partial charge in [-0.1, -0.05) is 31.5 Å². The summed E-state index contributed by atoms with van der Waals surface area (Å²) in [6, 6.07) is 0. The molecule has 152 valence electrons. The van der Waals surface area contributed by atoms with Crippen molar-refractivity contribution in [3.05, 3.63) is 12.2 Å². The number of rotatable bonds is 6. The van der Waals surface area contributed by atoms with Crippen molar-refractivity contribution in [1.82, 2.24) is 0 Å². The average molecular weight is 419 g/mol. The second-order valence-corrected chi connectivity index (χ2v) is 6.72. The topological polar surface area (TPSA) is 35.5 Å². The van der Waals surface area contributed by atoms with E-state index in [4.69, 9.17) is 4.74 Å². The van der Waals surface area contributed by atoms with Crippen LogP contribution in [0.1, 0.15) is 20.8 Å². The average Bonchev–Trinajstić information content (AvgIpc) is 2.95. The number of hydrogen-bond donors (Lipinski definition) is 0. The van der Waals surface area contributed by atoms with Crippen LogP contribution in [0.4, 0.5) is 35.1 Å². The normalized spacial score (nSPS) is 24.0. The number of hydrogen-bond acceptors (Lipinski definition) is 3. The molecule has 1 fully saturated rings. The SMILES string of the molecule is CCOC(=O)[C@@H]1[C@@H](C=CC(F)(F)OC(Cl)(C(F)(F)F)C(F)(F)F)C1(C)C. The van der Waals surface area contributed by atoms with Gasteiger partial charge in [-0.3, -0.25) is 9.53 Å². The summed E-state index contributed by atoms with van der Waals surface area (Å²) in [4.78, 5) is 11.7. The largest absolute Gasteiger partial charge is 0.466 e. The van der Waals surface area contributed by atoms with Crippen LogP contribution in [0.3, 0.4) is 0 Å². The summed E-state index contributed by atoms with van der Waals surface area (Å²) in [6.07, 6.45) is -17.4. The predicted octanol–water partition coefficient (Wildman–Crippen LogP) is 5.05. The van der Waals surface area contributed by atoms with Gasteiger partial charge in [0, 0.05) is 6.08 Å². The van der Waals surface area contributed by atoms with Crippen molar-refractivity contribution < 1.29 is 49.4 Å². The number of carbonyl (C=O) groups excluding carboxylic acids is 1. The van der Waals surface area contributed by atoms with Crippen LogP contribution < -0.4 is 0 Å². The van der Waals surface area contributed by atoms with Crippen molar-refractivity contribution in [3.8, 4) is 0 Å². The third-order valence-electron chi connectivity index (χ3n) is 3.95. The molecule has 0 aromatic heterocycles. The molecule has 3 nitrogen and oxygen atoms in total. The van der Waals surface area contributed by atoms with Gasteiger partial charge in [0.25, 0.3) is 0 Å². The van der Waals surface area contributed by atoms with Crippen molar-refractivity contribution in [1.29, 1.82) is 0 Å². The second-order valence-electron chi connectivity index (χ2n) is 6.19. The Hall–Kier alpha value is -1.10. The minimum atomic E-state index is -6.35. The maximum atomic E-state index is 13.6. The van der Waals surface area contributed by atoms with E-state index in [1.165, 1.54) is 20.8 Å². The van der Waals surface area contributed by atoms with Gasteiger partial charge < -0.3 is 4.74 Å². The molecule has 0 heterocycles. The van der Waals surface area contributed by atoms with Crippen molar-refractivity contribution in [2.45, 2.75) is 44.3 Å². The molecule has 0 aromatic carbocycles. The highest BCUT2D eigenvalue weighted by Crippen LogP contribution is 2.60. The molecule has 0 unspecified atom stereocenters. The van der Waals surface area contributed by atoms with Crippen LogP contribution in [0.5, 0.6) is 0 Å². The summed E-state index contributed by atoms with van der Waals surface area (Å²) in [7, 11) is 0. The lowest BCUT2D eigenvalue weighted by atomic mass is 10.1. The van der Waals surface area contributed by atoms with Gasteiger partial charge in [0.05, 0.1) is 12.5 Å². The van der Waals surface area contributed by atoms with E-state index in [0.29, 0.717) is 6.08 Å². The molecule has 2 atom stereocenters. The Morgan fingerprint density at radius 3 is 1.92 bits per heavy atom. The third kappa shape index (κ3) is 4.41. The Balaban J connectivity index is 2.99. The lowest BCUT2D eigenvalue weighted by Crippen LogP contribution is -2.56. The zero-order valence-electron chi connectivity index (χ0n) is 13.6. The minimum absolute atomic E-state index is 0.0209. The predicted molar refractivity (Wildman–Crippen MR) is 73.3 cm³/mol. The number of allylic oxidation sites excluding steroid dienone is 1. The highest BCUT2D eigenvalue weighted by atomic mass is 35.5. The number of esters is 1. The Labute approximate surface area is 148 Å². The van der Waals surface area contributed by atoms with E-state index in [2.05, 4.69) is 16.3 Å². The lowest BCUT2D eigenvalue weighted by Gasteiger charge is -2.33. The smallest absolute Gasteiger partial charge is 0.441 e. The van der Waals surface area contributed by atoms with Crippen LogP contribution in [0.25, 0.3) is 0 Å². The quantitative estimate of drug-likeness (QED) is 0.262. The van der Waals surface area contributed by atoms with Gasteiger partial charge in [0.15, 0.2) is 0 Å². The first-order valence-corrected chi connectivity index (χ1v) is 7.55. The number of carbonyl (C=O) groups is 1. The molecule has 1 aliphatic rings. The summed E-state index contributed by atoms with van der Waals surface area (Å²) >= 11 is 4.32. The second kappa shape index (κ2) is 6.81. The van der Waals surface area contributed by atoms with Crippen LogP contribution in [0.2, 0.25) is 0 Å². The summed E-state index contributed by atoms with van der Waals surface area (Å²) in [5.41, 5.74) is -0.856. The van der Waals surface area contributed by atoms with Gasteiger partial charge in [-0.2, -0.15) is 35.1 Å². The number of alkyl halides is 9. The molecule has 26 heavy (non-hydrogen) atoms. The van der Waals surface area contributed by atoms with Crippen LogP contribution in [-0.2, 0) is 14.3 Å². The number of halogens is 9. The molecule has 0 spiro atoms. The van der Waals surface area contributed by atoms with Crippen molar-refractivity contribution in [2.24, 2.45) is 17.3 Å². The molecule has 0 aromatic rings. The Morgan fingerprint density at radius 1 is 1.08 bits per heavy atom. The molecule has 0 aliphatic heterocycles. The van der Waals surface area contributed by atoms with Crippen LogP contribution in [0.15, 0.2) is 12.2 Å². The van der Waals surface area contributed by atoms with Crippen LogP contribution in [0, 0.1) is 17.3 Å². The summed E-state index contributed by atoms with van der Waals surface area (Å²) in [5, 5.41) is -5.59. The van der Waals surface area contributed by atoms with E-state index in [9.17, 15) is 39.9 Å². The van der Waals surface area contributed by atoms with E-state index >= 15 is 0 Å². The van der Waals surface area contributed by atoms with Crippen molar-refractivity contribution >= 4 is 17.6 Å². The Morgan fingerprint density at radius 2 is 1.54 bits per heavy atom. The van der Waals surface area contributed by atoms with E-state index in [0.717, 1.165) is 0 Å². The zero-order valence-corrected chi connectivity index (χ0v) is 14.4. The summed E-state index contributed by atoms with van der Waals surface area (Å²) < 4.78 is 110. The molecule has 12 heteroatoms.